The Morgan fingerprint density at radius 3 is 1.89 bits per heavy atom. The molecule has 0 fully saturated rings. The molecule has 0 amide bonds. The van der Waals surface area contributed by atoms with Crippen molar-refractivity contribution in [2.75, 3.05) is 32.8 Å². The van der Waals surface area contributed by atoms with E-state index in [9.17, 15) is 14.4 Å². The van der Waals surface area contributed by atoms with Crippen molar-refractivity contribution in [3.63, 3.8) is 0 Å². The van der Waals surface area contributed by atoms with E-state index in [1.807, 2.05) is 0 Å². The molecule has 0 aromatic heterocycles. The van der Waals surface area contributed by atoms with Crippen LogP contribution in [-0.2, 0) is 28.6 Å². The third kappa shape index (κ3) is 7.54. The summed E-state index contributed by atoms with van der Waals surface area (Å²) >= 11 is 0. The second-order valence-electron chi connectivity index (χ2n) is 3.18. The Morgan fingerprint density at radius 1 is 0.944 bits per heavy atom. The lowest BCUT2D eigenvalue weighted by Gasteiger charge is -2.16. The molecule has 18 heavy (non-hydrogen) atoms. The van der Waals surface area contributed by atoms with Gasteiger partial charge in [-0.15, -0.1) is 0 Å². The third-order valence-corrected chi connectivity index (χ3v) is 1.73. The van der Waals surface area contributed by atoms with Crippen LogP contribution < -0.4 is 17.2 Å². The molecule has 1 atom stereocenters. The fourth-order valence-electron chi connectivity index (χ4n) is 0.864. The number of rotatable bonds is 8. The number of nitrogens with two attached hydrogens (primary N) is 1. The monoisotopic (exact) mass is 265 g/mol. The van der Waals surface area contributed by atoms with Crippen LogP contribution in [0.15, 0.2) is 0 Å². The van der Waals surface area contributed by atoms with Crippen LogP contribution in [0.4, 0.5) is 0 Å². The largest absolute Gasteiger partial charge is 0.461 e. The molecule has 0 aliphatic rings. The third-order valence-electron chi connectivity index (χ3n) is 1.73. The quantitative estimate of drug-likeness (QED) is 0.294. The van der Waals surface area contributed by atoms with Crippen LogP contribution in [0, 0.1) is 0 Å². The molecule has 0 aliphatic carbocycles. The van der Waals surface area contributed by atoms with Crippen LogP contribution in [0.1, 0.15) is 0 Å². The second-order valence-corrected chi connectivity index (χ2v) is 3.18. The van der Waals surface area contributed by atoms with Crippen molar-refractivity contribution < 1.29 is 40.1 Å². The zero-order valence-electron chi connectivity index (χ0n) is 10.1. The molecule has 9 nitrogen and oxygen atoms in total. The van der Waals surface area contributed by atoms with Crippen molar-refractivity contribution in [2.24, 2.45) is 5.73 Å². The van der Waals surface area contributed by atoms with E-state index in [0.717, 1.165) is 0 Å². The van der Waals surface area contributed by atoms with Gasteiger partial charge in [0.15, 0.2) is 19.2 Å². The highest BCUT2D eigenvalue weighted by Crippen LogP contribution is 1.96. The topological polar surface area (TPSA) is 160 Å². The van der Waals surface area contributed by atoms with Crippen LogP contribution in [0.25, 0.3) is 0 Å². The van der Waals surface area contributed by atoms with Crippen LogP contribution in [-0.4, -0.2) is 56.9 Å². The summed E-state index contributed by atoms with van der Waals surface area (Å²) in [4.78, 5) is 32.8. The smallest absolute Gasteiger partial charge is 0.362 e. The Bertz CT molecular complexity index is 276. The van der Waals surface area contributed by atoms with Crippen molar-refractivity contribution in [3.8, 4) is 0 Å². The lowest BCUT2D eigenvalue weighted by Crippen LogP contribution is -2.56. The number of quaternary nitrogens is 2. The molecule has 0 aromatic carbocycles. The van der Waals surface area contributed by atoms with Gasteiger partial charge in [-0.05, 0) is 0 Å². The van der Waals surface area contributed by atoms with Gasteiger partial charge in [-0.1, -0.05) is 0 Å². The summed E-state index contributed by atoms with van der Waals surface area (Å²) < 4.78 is 14.3. The number of hydrogen-bond donors (Lipinski definition) is 3. The summed E-state index contributed by atoms with van der Waals surface area (Å²) in [6.45, 7) is -0.845. The van der Waals surface area contributed by atoms with Crippen LogP contribution in [0.5, 0.6) is 0 Å². The average molecular weight is 265 g/mol. The minimum Gasteiger partial charge on any atom is -0.461 e. The van der Waals surface area contributed by atoms with Crippen LogP contribution in [0.2, 0.25) is 0 Å². The van der Waals surface area contributed by atoms with Crippen molar-refractivity contribution >= 4 is 17.9 Å². The Morgan fingerprint density at radius 2 is 1.44 bits per heavy atom. The molecular formula is C9H19N3O6+2. The molecule has 104 valence electrons. The highest BCUT2D eigenvalue weighted by atomic mass is 16.6. The Hall–Kier alpha value is -1.71. The van der Waals surface area contributed by atoms with Gasteiger partial charge in [-0.2, -0.15) is 0 Å². The standard InChI is InChI=1S/C9H17N3O6/c10-1-7(13)16-4-6(18-9(15)3-12)5-17-8(14)2-11/h6H,1-5,10-12H2/p+2. The predicted molar refractivity (Wildman–Crippen MR) is 56.4 cm³/mol. The highest BCUT2D eigenvalue weighted by molar-refractivity contribution is 5.72. The van der Waals surface area contributed by atoms with Crippen molar-refractivity contribution in [1.29, 1.82) is 0 Å². The molecule has 1 unspecified atom stereocenters. The van der Waals surface area contributed by atoms with Gasteiger partial charge in [0.2, 0.25) is 0 Å². The van der Waals surface area contributed by atoms with Crippen molar-refractivity contribution in [2.45, 2.75) is 6.10 Å². The van der Waals surface area contributed by atoms with Gasteiger partial charge in [0, 0.05) is 0 Å². The maximum absolute atomic E-state index is 11.0. The molecule has 0 heterocycles. The highest BCUT2D eigenvalue weighted by Gasteiger charge is 2.19. The lowest BCUT2D eigenvalue weighted by atomic mass is 10.4. The fourth-order valence-corrected chi connectivity index (χ4v) is 0.864. The van der Waals surface area contributed by atoms with E-state index in [0.29, 0.717) is 0 Å². The number of carbonyl (C=O) groups is 3. The number of hydrogen-bond acceptors (Lipinski definition) is 7. The van der Waals surface area contributed by atoms with Crippen molar-refractivity contribution in [1.82, 2.24) is 0 Å². The first kappa shape index (κ1) is 16.3. The number of ether oxygens (including phenoxy) is 3. The zero-order chi connectivity index (χ0) is 14.0. The molecule has 0 saturated heterocycles. The fraction of sp³-hybridized carbons (Fsp3) is 0.667. The maximum Gasteiger partial charge on any atom is 0.362 e. The summed E-state index contributed by atoms with van der Waals surface area (Å²) in [7, 11) is 0. The summed E-state index contributed by atoms with van der Waals surface area (Å²) in [5.41, 5.74) is 11.7. The van der Waals surface area contributed by atoms with Gasteiger partial charge in [-0.25, -0.2) is 9.59 Å². The van der Waals surface area contributed by atoms with Crippen molar-refractivity contribution in [3.05, 3.63) is 0 Å². The minimum atomic E-state index is -0.870. The van der Waals surface area contributed by atoms with E-state index in [1.165, 1.54) is 0 Å². The summed E-state index contributed by atoms with van der Waals surface area (Å²) in [5, 5.41) is 0. The second kappa shape index (κ2) is 9.33. The van der Waals surface area contributed by atoms with E-state index >= 15 is 0 Å². The summed E-state index contributed by atoms with van der Waals surface area (Å²) in [6.07, 6.45) is -0.870. The first-order valence-electron chi connectivity index (χ1n) is 5.32. The van der Waals surface area contributed by atoms with Gasteiger partial charge >= 0.3 is 17.9 Å². The lowest BCUT2D eigenvalue weighted by molar-refractivity contribution is -0.362. The van der Waals surface area contributed by atoms with Gasteiger partial charge in [-0.3, -0.25) is 4.79 Å². The first-order valence-corrected chi connectivity index (χ1v) is 5.32. The Balaban J connectivity index is 4.19. The molecule has 0 spiro atoms. The molecule has 0 saturated carbocycles. The number of esters is 3. The summed E-state index contributed by atoms with van der Waals surface area (Å²) in [5.74, 6) is -1.78. The SMILES string of the molecule is NCC(=O)OCC(COC(=O)C[NH3+])OC(=O)C[NH3+]. The first-order chi connectivity index (χ1) is 8.53. The Kier molecular flexibility index (Phi) is 8.45. The van der Waals surface area contributed by atoms with Gasteiger partial charge in [0.1, 0.15) is 13.2 Å². The number of carbonyl (C=O) groups excluding carboxylic acids is 3. The van der Waals surface area contributed by atoms with E-state index < -0.39 is 24.0 Å². The molecule has 0 radical (unpaired) electrons. The Labute approximate surface area is 104 Å². The zero-order valence-corrected chi connectivity index (χ0v) is 10.1. The van der Waals surface area contributed by atoms with E-state index in [1.54, 1.807) is 0 Å². The van der Waals surface area contributed by atoms with Gasteiger partial charge < -0.3 is 31.4 Å². The van der Waals surface area contributed by atoms with Crippen LogP contribution in [0.3, 0.4) is 0 Å². The van der Waals surface area contributed by atoms with E-state index in [2.05, 4.69) is 11.5 Å². The molecular weight excluding hydrogens is 246 g/mol. The molecule has 0 aromatic rings. The van der Waals surface area contributed by atoms with E-state index in [4.69, 9.17) is 19.9 Å². The molecule has 9 heteroatoms. The summed E-state index contributed by atoms with van der Waals surface area (Å²) in [6, 6.07) is 0. The molecule has 0 rings (SSSR count). The normalized spacial score (nSPS) is 11.5. The maximum atomic E-state index is 11.0. The average Bonchev–Trinajstić information content (AvgIpc) is 2.40. The molecule has 0 aliphatic heterocycles. The van der Waals surface area contributed by atoms with Gasteiger partial charge in [0.05, 0.1) is 6.54 Å². The van der Waals surface area contributed by atoms with Gasteiger partial charge in [0.25, 0.3) is 0 Å². The molecule has 8 N–H and O–H groups in total. The predicted octanol–water partition coefficient (Wildman–Crippen LogP) is -4.57. The van der Waals surface area contributed by atoms with E-state index in [-0.39, 0.29) is 32.8 Å². The van der Waals surface area contributed by atoms with Crippen LogP contribution >= 0.6 is 0 Å². The molecule has 0 bridgehead atoms. The minimum absolute atomic E-state index is 0.0431.